The summed E-state index contributed by atoms with van der Waals surface area (Å²) in [5.74, 6) is 1.51. The van der Waals surface area contributed by atoms with Crippen LogP contribution in [0.25, 0.3) is 0 Å². The number of hydrogen-bond acceptors (Lipinski definition) is 6. The summed E-state index contributed by atoms with van der Waals surface area (Å²) in [5.41, 5.74) is 0.937. The minimum Gasteiger partial charge on any atom is -0.493 e. The Bertz CT molecular complexity index is 882. The van der Waals surface area contributed by atoms with Crippen molar-refractivity contribution in [2.24, 2.45) is 10.9 Å². The van der Waals surface area contributed by atoms with Crippen molar-refractivity contribution in [3.8, 4) is 11.5 Å². The third-order valence-electron chi connectivity index (χ3n) is 4.78. The number of amides is 1. The normalized spacial score (nSPS) is 24.6. The van der Waals surface area contributed by atoms with Crippen molar-refractivity contribution in [2.45, 2.75) is 38.1 Å². The molecule has 2 saturated heterocycles. The van der Waals surface area contributed by atoms with Crippen LogP contribution in [0.15, 0.2) is 23.2 Å². The predicted octanol–water partition coefficient (Wildman–Crippen LogP) is 2.35. The van der Waals surface area contributed by atoms with Crippen molar-refractivity contribution >= 4 is 32.7 Å². The lowest BCUT2D eigenvalue weighted by Crippen LogP contribution is -2.37. The lowest BCUT2D eigenvalue weighted by atomic mass is 10.1. The van der Waals surface area contributed by atoms with E-state index in [2.05, 4.69) is 4.99 Å². The summed E-state index contributed by atoms with van der Waals surface area (Å²) in [6.45, 7) is 4.41. The molecule has 3 rings (SSSR count). The van der Waals surface area contributed by atoms with Crippen molar-refractivity contribution in [3.05, 3.63) is 23.8 Å². The van der Waals surface area contributed by atoms with Crippen LogP contribution in [0.1, 0.15) is 25.8 Å². The fourth-order valence-electron chi connectivity index (χ4n) is 3.50. The van der Waals surface area contributed by atoms with Crippen LogP contribution >= 0.6 is 11.8 Å². The number of rotatable bonds is 6. The molecule has 0 radical (unpaired) electrons. The van der Waals surface area contributed by atoms with Crippen LogP contribution in [0.3, 0.4) is 0 Å². The maximum atomic E-state index is 12.3. The topological polar surface area (TPSA) is 85.3 Å². The largest absolute Gasteiger partial charge is 0.493 e. The lowest BCUT2D eigenvalue weighted by Gasteiger charge is -2.25. The summed E-state index contributed by atoms with van der Waals surface area (Å²) in [5, 5.41) is 0.529. The van der Waals surface area contributed by atoms with Gasteiger partial charge in [-0.1, -0.05) is 31.7 Å². The van der Waals surface area contributed by atoms with E-state index in [0.29, 0.717) is 29.6 Å². The van der Waals surface area contributed by atoms with Gasteiger partial charge in [0.15, 0.2) is 26.5 Å². The van der Waals surface area contributed by atoms with Crippen molar-refractivity contribution in [1.29, 1.82) is 0 Å². The highest BCUT2D eigenvalue weighted by molar-refractivity contribution is 8.15. The number of amidine groups is 1. The Hall–Kier alpha value is -1.74. The quantitative estimate of drug-likeness (QED) is 0.690. The summed E-state index contributed by atoms with van der Waals surface area (Å²) < 4.78 is 34.9. The number of ether oxygens (including phenoxy) is 2. The highest BCUT2D eigenvalue weighted by atomic mass is 32.2. The summed E-state index contributed by atoms with van der Waals surface area (Å²) in [4.78, 5) is 18.5. The predicted molar refractivity (Wildman–Crippen MR) is 111 cm³/mol. The average Bonchev–Trinajstić information content (AvgIpc) is 3.06. The van der Waals surface area contributed by atoms with E-state index in [1.807, 2.05) is 36.9 Å². The first-order valence-corrected chi connectivity index (χ1v) is 11.9. The number of fused-ring (bicyclic) bond motifs is 1. The van der Waals surface area contributed by atoms with E-state index in [1.54, 1.807) is 14.2 Å². The molecule has 0 spiro atoms. The second kappa shape index (κ2) is 8.32. The zero-order valence-corrected chi connectivity index (χ0v) is 18.2. The maximum Gasteiger partial charge on any atom is 0.248 e. The zero-order chi connectivity index (χ0) is 20.5. The average molecular weight is 427 g/mol. The van der Waals surface area contributed by atoms with Gasteiger partial charge in [0, 0.05) is 18.2 Å². The minimum atomic E-state index is -3.07. The molecule has 1 aromatic carbocycles. The van der Waals surface area contributed by atoms with Gasteiger partial charge < -0.3 is 14.4 Å². The third-order valence-corrected chi connectivity index (χ3v) is 8.03. The molecule has 7 nitrogen and oxygen atoms in total. The molecule has 2 atom stereocenters. The molecule has 1 aromatic rings. The monoisotopic (exact) mass is 426 g/mol. The molecule has 2 aliphatic rings. The van der Waals surface area contributed by atoms with E-state index in [1.165, 1.54) is 11.8 Å². The third kappa shape index (κ3) is 4.63. The van der Waals surface area contributed by atoms with Crippen LogP contribution in [-0.4, -0.2) is 61.4 Å². The van der Waals surface area contributed by atoms with Gasteiger partial charge in [-0.15, -0.1) is 0 Å². The van der Waals surface area contributed by atoms with Crippen LogP contribution in [0.4, 0.5) is 0 Å². The Morgan fingerprint density at radius 3 is 2.61 bits per heavy atom. The van der Waals surface area contributed by atoms with E-state index < -0.39 is 9.84 Å². The molecule has 2 fully saturated rings. The molecule has 0 N–H and O–H groups in total. The van der Waals surface area contributed by atoms with Gasteiger partial charge in [-0.2, -0.15) is 4.99 Å². The molecular formula is C19H26N2O5S2. The number of sulfone groups is 1. The van der Waals surface area contributed by atoms with E-state index in [9.17, 15) is 13.2 Å². The van der Waals surface area contributed by atoms with Gasteiger partial charge in [-0.3, -0.25) is 4.79 Å². The summed E-state index contributed by atoms with van der Waals surface area (Å²) >= 11 is 1.40. The smallest absolute Gasteiger partial charge is 0.248 e. The molecule has 2 aliphatic heterocycles. The Morgan fingerprint density at radius 1 is 1.25 bits per heavy atom. The molecule has 0 aromatic heterocycles. The summed E-state index contributed by atoms with van der Waals surface area (Å²) in [7, 11) is 0.0787. The number of methoxy groups -OCH3 is 2. The zero-order valence-electron chi connectivity index (χ0n) is 16.5. The van der Waals surface area contributed by atoms with Crippen molar-refractivity contribution in [2.75, 3.05) is 25.7 Å². The number of thioether (sulfide) groups is 1. The van der Waals surface area contributed by atoms with Crippen LogP contribution < -0.4 is 9.47 Å². The maximum absolute atomic E-state index is 12.3. The van der Waals surface area contributed by atoms with Crippen molar-refractivity contribution in [1.82, 2.24) is 4.90 Å². The Labute approximate surface area is 170 Å². The minimum absolute atomic E-state index is 0.0873. The molecule has 0 aliphatic carbocycles. The van der Waals surface area contributed by atoms with E-state index >= 15 is 0 Å². The number of aliphatic imine (C=N–C) groups is 1. The van der Waals surface area contributed by atoms with Gasteiger partial charge in [-0.05, 0) is 23.6 Å². The van der Waals surface area contributed by atoms with Crippen LogP contribution in [0, 0.1) is 5.92 Å². The second-order valence-corrected chi connectivity index (χ2v) is 10.9. The first kappa shape index (κ1) is 21.0. The number of carbonyl (C=O) groups is 1. The number of hydrogen-bond donors (Lipinski definition) is 0. The fourth-order valence-corrected chi connectivity index (χ4v) is 7.47. The molecule has 2 heterocycles. The molecule has 0 bridgehead atoms. The Morgan fingerprint density at radius 2 is 1.96 bits per heavy atom. The fraction of sp³-hybridized carbons (Fsp3) is 0.579. The van der Waals surface area contributed by atoms with Gasteiger partial charge in [-0.25, -0.2) is 8.42 Å². The van der Waals surface area contributed by atoms with Crippen molar-refractivity contribution < 1.29 is 22.7 Å². The molecular weight excluding hydrogens is 400 g/mol. The lowest BCUT2D eigenvalue weighted by molar-refractivity contribution is -0.118. The Balaban J connectivity index is 1.89. The molecule has 0 unspecified atom stereocenters. The van der Waals surface area contributed by atoms with E-state index in [-0.39, 0.29) is 34.6 Å². The van der Waals surface area contributed by atoms with Crippen LogP contribution in [0.5, 0.6) is 11.5 Å². The molecule has 154 valence electrons. The first-order chi connectivity index (χ1) is 13.2. The molecule has 28 heavy (non-hydrogen) atoms. The highest BCUT2D eigenvalue weighted by Gasteiger charge is 2.48. The van der Waals surface area contributed by atoms with Crippen LogP contribution in [-0.2, 0) is 21.2 Å². The summed E-state index contributed by atoms with van der Waals surface area (Å²) in [6.07, 6.45) is 0.377. The number of benzene rings is 1. The standard InChI is InChI=1S/C19H26N2O5S2/c1-12(2)7-18(22)20-19-21(14-10-28(23,24)11-17(14)27-19)9-13-5-6-15(25-3)16(8-13)26-4/h5-6,8,12,14,17H,7,9-11H2,1-4H3/t14-,17+/m0/s1. The van der Waals surface area contributed by atoms with Crippen molar-refractivity contribution in [3.63, 3.8) is 0 Å². The van der Waals surface area contributed by atoms with Crippen LogP contribution in [0.2, 0.25) is 0 Å². The van der Waals surface area contributed by atoms with Gasteiger partial charge >= 0.3 is 0 Å². The molecule has 1 amide bonds. The SMILES string of the molecule is COc1ccc(CN2C(=NC(=O)CC(C)C)S[C@@H]3CS(=O)(=O)C[C@@H]32)cc1OC. The molecule has 0 saturated carbocycles. The summed E-state index contributed by atoms with van der Waals surface area (Å²) in [6, 6.07) is 5.43. The highest BCUT2D eigenvalue weighted by Crippen LogP contribution is 2.39. The van der Waals surface area contributed by atoms with E-state index in [0.717, 1.165) is 5.56 Å². The van der Waals surface area contributed by atoms with Gasteiger partial charge in [0.2, 0.25) is 5.91 Å². The van der Waals surface area contributed by atoms with Gasteiger partial charge in [0.25, 0.3) is 0 Å². The number of nitrogens with zero attached hydrogens (tertiary/aromatic N) is 2. The van der Waals surface area contributed by atoms with E-state index in [4.69, 9.17) is 9.47 Å². The number of carbonyl (C=O) groups excluding carboxylic acids is 1. The van der Waals surface area contributed by atoms with Gasteiger partial charge in [0.05, 0.1) is 31.8 Å². The Kier molecular flexibility index (Phi) is 6.24. The first-order valence-electron chi connectivity index (χ1n) is 9.18. The second-order valence-electron chi connectivity index (χ2n) is 7.50. The van der Waals surface area contributed by atoms with Gasteiger partial charge in [0.1, 0.15) is 0 Å². The molecule has 9 heteroatoms.